The fourth-order valence-electron chi connectivity index (χ4n) is 2.10. The zero-order valence-electron chi connectivity index (χ0n) is 7.57. The third-order valence-electron chi connectivity index (χ3n) is 2.78. The summed E-state index contributed by atoms with van der Waals surface area (Å²) in [5.74, 6) is 3.07. The van der Waals surface area contributed by atoms with E-state index in [2.05, 4.69) is 12.0 Å². The van der Waals surface area contributed by atoms with Crippen molar-refractivity contribution < 1.29 is 4.79 Å². The molecule has 2 bridgehead atoms. The van der Waals surface area contributed by atoms with Gasteiger partial charge in [0.25, 0.3) is 0 Å². The number of rotatable bonds is 3. The second-order valence-electron chi connectivity index (χ2n) is 3.63. The first-order chi connectivity index (χ1) is 6.33. The number of terminal acetylenes is 1. The second kappa shape index (κ2) is 3.26. The molecule has 0 N–H and O–H groups in total. The molecule has 2 atom stereocenters. The summed E-state index contributed by atoms with van der Waals surface area (Å²) in [5, 5.41) is 0. The molecular formula is C11H13NO. The van der Waals surface area contributed by atoms with Gasteiger partial charge in [-0.2, -0.15) is 0 Å². The highest BCUT2D eigenvalue weighted by Crippen LogP contribution is 2.32. The Morgan fingerprint density at radius 2 is 2.46 bits per heavy atom. The number of carbonyl (C=O) groups excluding carboxylic acids is 1. The molecule has 0 radical (unpaired) electrons. The fourth-order valence-corrected chi connectivity index (χ4v) is 2.10. The SMILES string of the molecule is C#CCCCN1C(=O)C2C=CC1C2. The molecule has 2 aliphatic rings. The minimum Gasteiger partial charge on any atom is -0.336 e. The summed E-state index contributed by atoms with van der Waals surface area (Å²) < 4.78 is 0. The van der Waals surface area contributed by atoms with Crippen LogP contribution in [0.15, 0.2) is 12.2 Å². The predicted octanol–water partition coefficient (Wildman–Crippen LogP) is 1.19. The van der Waals surface area contributed by atoms with E-state index in [1.54, 1.807) is 0 Å². The van der Waals surface area contributed by atoms with Gasteiger partial charge < -0.3 is 4.90 Å². The van der Waals surface area contributed by atoms with Crippen LogP contribution in [0.4, 0.5) is 0 Å². The Bertz CT molecular complexity index is 287. The van der Waals surface area contributed by atoms with Crippen molar-refractivity contribution in [2.24, 2.45) is 5.92 Å². The molecule has 0 aromatic rings. The van der Waals surface area contributed by atoms with Crippen molar-refractivity contribution in [3.63, 3.8) is 0 Å². The Balaban J connectivity index is 1.91. The van der Waals surface area contributed by atoms with E-state index in [9.17, 15) is 4.79 Å². The van der Waals surface area contributed by atoms with Gasteiger partial charge in [0, 0.05) is 13.0 Å². The van der Waals surface area contributed by atoms with Gasteiger partial charge in [-0.25, -0.2) is 0 Å². The number of carbonyl (C=O) groups is 1. The molecule has 0 aromatic carbocycles. The summed E-state index contributed by atoms with van der Waals surface area (Å²) in [5.41, 5.74) is 0. The molecule has 1 fully saturated rings. The number of hydrogen-bond donors (Lipinski definition) is 0. The van der Waals surface area contributed by atoms with Crippen molar-refractivity contribution in [3.8, 4) is 12.3 Å². The number of amides is 1. The highest BCUT2D eigenvalue weighted by Gasteiger charge is 2.40. The van der Waals surface area contributed by atoms with Gasteiger partial charge in [-0.3, -0.25) is 4.79 Å². The van der Waals surface area contributed by atoms with Crippen molar-refractivity contribution in [3.05, 3.63) is 12.2 Å². The monoisotopic (exact) mass is 175 g/mol. The van der Waals surface area contributed by atoms with Crippen LogP contribution in [0, 0.1) is 18.3 Å². The minimum atomic E-state index is 0.177. The summed E-state index contributed by atoms with van der Waals surface area (Å²) in [6, 6.07) is 0.371. The standard InChI is InChI=1S/C11H13NO/c1-2-3-4-7-12-10-6-5-9(8-10)11(12)13/h1,5-6,9-10H,3-4,7-8H2. The average Bonchev–Trinajstić information content (AvgIpc) is 2.69. The van der Waals surface area contributed by atoms with Gasteiger partial charge in [0.15, 0.2) is 0 Å². The lowest BCUT2D eigenvalue weighted by atomic mass is 10.1. The molecule has 1 amide bonds. The predicted molar refractivity (Wildman–Crippen MR) is 50.8 cm³/mol. The lowest BCUT2D eigenvalue weighted by Crippen LogP contribution is -2.35. The first-order valence-electron chi connectivity index (χ1n) is 4.75. The molecule has 1 aliphatic carbocycles. The summed E-state index contributed by atoms with van der Waals surface area (Å²) >= 11 is 0. The van der Waals surface area contributed by atoms with Gasteiger partial charge in [-0.15, -0.1) is 12.3 Å². The Kier molecular flexibility index (Phi) is 2.10. The maximum Gasteiger partial charge on any atom is 0.230 e. The molecule has 2 rings (SSSR count). The Labute approximate surface area is 78.6 Å². The molecule has 1 aliphatic heterocycles. The van der Waals surface area contributed by atoms with Crippen LogP contribution in [-0.2, 0) is 4.79 Å². The van der Waals surface area contributed by atoms with Crippen LogP contribution < -0.4 is 0 Å². The Morgan fingerprint density at radius 3 is 3.08 bits per heavy atom. The van der Waals surface area contributed by atoms with Crippen LogP contribution in [0.5, 0.6) is 0 Å². The minimum absolute atomic E-state index is 0.177. The van der Waals surface area contributed by atoms with Crippen molar-refractivity contribution in [2.75, 3.05) is 6.54 Å². The van der Waals surface area contributed by atoms with Gasteiger partial charge in [-0.1, -0.05) is 12.2 Å². The smallest absolute Gasteiger partial charge is 0.230 e. The molecule has 2 unspecified atom stereocenters. The van der Waals surface area contributed by atoms with Gasteiger partial charge >= 0.3 is 0 Å². The Morgan fingerprint density at radius 1 is 1.62 bits per heavy atom. The highest BCUT2D eigenvalue weighted by molar-refractivity contribution is 5.85. The van der Waals surface area contributed by atoms with Crippen LogP contribution >= 0.6 is 0 Å². The van der Waals surface area contributed by atoms with Crippen LogP contribution in [-0.4, -0.2) is 23.4 Å². The summed E-state index contributed by atoms with van der Waals surface area (Å²) in [6.45, 7) is 0.828. The van der Waals surface area contributed by atoms with Crippen LogP contribution in [0.25, 0.3) is 0 Å². The summed E-state index contributed by atoms with van der Waals surface area (Å²) in [6.07, 6.45) is 12.0. The molecule has 2 heteroatoms. The van der Waals surface area contributed by atoms with E-state index in [1.807, 2.05) is 11.0 Å². The summed E-state index contributed by atoms with van der Waals surface area (Å²) in [7, 11) is 0. The number of unbranched alkanes of at least 4 members (excludes halogenated alkanes) is 1. The van der Waals surface area contributed by atoms with E-state index in [4.69, 9.17) is 6.42 Å². The van der Waals surface area contributed by atoms with Gasteiger partial charge in [0.2, 0.25) is 5.91 Å². The fraction of sp³-hybridized carbons (Fsp3) is 0.545. The first-order valence-corrected chi connectivity index (χ1v) is 4.75. The zero-order valence-corrected chi connectivity index (χ0v) is 7.57. The van der Waals surface area contributed by atoms with Gasteiger partial charge in [0.1, 0.15) is 0 Å². The van der Waals surface area contributed by atoms with E-state index in [-0.39, 0.29) is 5.92 Å². The third-order valence-corrected chi connectivity index (χ3v) is 2.78. The Hall–Kier alpha value is -1.23. The molecule has 2 nitrogen and oxygen atoms in total. The van der Waals surface area contributed by atoms with Gasteiger partial charge in [-0.05, 0) is 12.8 Å². The second-order valence-corrected chi connectivity index (χ2v) is 3.63. The number of likely N-dealkylation sites (tertiary alicyclic amines) is 1. The first kappa shape index (κ1) is 8.37. The van der Waals surface area contributed by atoms with E-state index < -0.39 is 0 Å². The van der Waals surface area contributed by atoms with Crippen LogP contribution in [0.2, 0.25) is 0 Å². The van der Waals surface area contributed by atoms with Gasteiger partial charge in [0.05, 0.1) is 12.0 Å². The number of nitrogens with zero attached hydrogens (tertiary/aromatic N) is 1. The van der Waals surface area contributed by atoms with E-state index in [1.165, 1.54) is 0 Å². The maximum atomic E-state index is 11.6. The normalized spacial score (nSPS) is 29.8. The summed E-state index contributed by atoms with van der Waals surface area (Å²) in [4.78, 5) is 13.5. The molecular weight excluding hydrogens is 162 g/mol. The molecule has 1 saturated heterocycles. The molecule has 1 heterocycles. The topological polar surface area (TPSA) is 20.3 Å². The number of fused-ring (bicyclic) bond motifs is 2. The number of hydrogen-bond acceptors (Lipinski definition) is 1. The molecule has 0 saturated carbocycles. The van der Waals surface area contributed by atoms with Crippen molar-refractivity contribution >= 4 is 5.91 Å². The average molecular weight is 175 g/mol. The van der Waals surface area contributed by atoms with Crippen molar-refractivity contribution in [1.82, 2.24) is 4.90 Å². The zero-order chi connectivity index (χ0) is 9.26. The maximum absolute atomic E-state index is 11.6. The third kappa shape index (κ3) is 1.35. The molecule has 0 aromatic heterocycles. The van der Waals surface area contributed by atoms with E-state index in [0.29, 0.717) is 11.9 Å². The largest absolute Gasteiger partial charge is 0.336 e. The van der Waals surface area contributed by atoms with Crippen LogP contribution in [0.1, 0.15) is 19.3 Å². The molecule has 68 valence electrons. The highest BCUT2D eigenvalue weighted by atomic mass is 16.2. The molecule has 0 spiro atoms. The quantitative estimate of drug-likeness (QED) is 0.358. The lowest BCUT2D eigenvalue weighted by molar-refractivity contribution is -0.131. The van der Waals surface area contributed by atoms with Crippen molar-refractivity contribution in [1.29, 1.82) is 0 Å². The van der Waals surface area contributed by atoms with Crippen LogP contribution in [0.3, 0.4) is 0 Å². The van der Waals surface area contributed by atoms with Crippen molar-refractivity contribution in [2.45, 2.75) is 25.3 Å². The van der Waals surface area contributed by atoms with E-state index >= 15 is 0 Å². The lowest BCUT2D eigenvalue weighted by Gasteiger charge is -2.23. The molecule has 13 heavy (non-hydrogen) atoms. The van der Waals surface area contributed by atoms with E-state index in [0.717, 1.165) is 25.8 Å².